The van der Waals surface area contributed by atoms with Gasteiger partial charge >= 0.3 is 6.14 Å². The Hall–Kier alpha value is -0.380. The van der Waals surface area contributed by atoms with Crippen molar-refractivity contribution in [2.24, 2.45) is 0 Å². The molecule has 44 valence electrons. The molecule has 0 N–H and O–H groups in total. The summed E-state index contributed by atoms with van der Waals surface area (Å²) in [4.78, 5) is 3.35. The highest BCUT2D eigenvalue weighted by Gasteiger charge is 1.97. The van der Waals surface area contributed by atoms with Crippen molar-refractivity contribution in [2.75, 3.05) is 0 Å². The highest BCUT2D eigenvalue weighted by atomic mass is 79.9. The largest absolute Gasteiger partial charge is 0.423 e. The molecule has 1 rings (SSSR count). The van der Waals surface area contributed by atoms with E-state index in [0.29, 0.717) is 11.0 Å². The summed E-state index contributed by atoms with van der Waals surface area (Å²) in [6.07, 6.45) is 0.490. The minimum atomic E-state index is -0.778. The van der Waals surface area contributed by atoms with Crippen molar-refractivity contribution in [1.82, 2.24) is 4.98 Å². The summed E-state index contributed by atoms with van der Waals surface area (Å²) in [5, 5.41) is 0.528. The molecule has 2 nitrogen and oxygen atoms in total. The maximum absolute atomic E-state index is 11.8. The Labute approximate surface area is 53.8 Å². The molecule has 0 aliphatic rings. The maximum Gasteiger partial charge on any atom is 0.381 e. The Morgan fingerprint density at radius 1 is 1.88 bits per heavy atom. The second-order valence-electron chi connectivity index (χ2n) is 1.23. The van der Waals surface area contributed by atoms with Crippen LogP contribution >= 0.6 is 15.9 Å². The highest BCUT2D eigenvalue weighted by molar-refractivity contribution is 9.08. The molecule has 0 saturated carbocycles. The number of halogens is 2. The van der Waals surface area contributed by atoms with Gasteiger partial charge in [-0.2, -0.15) is 4.98 Å². The fourth-order valence-electron chi connectivity index (χ4n) is 0.344. The summed E-state index contributed by atoms with van der Waals surface area (Å²) in [7, 11) is 0. The summed E-state index contributed by atoms with van der Waals surface area (Å²) in [6, 6.07) is 0. The van der Waals surface area contributed by atoms with Gasteiger partial charge in [-0.1, -0.05) is 15.9 Å². The molecule has 0 aromatic carbocycles. The topological polar surface area (TPSA) is 26.0 Å². The van der Waals surface area contributed by atoms with E-state index in [1.54, 1.807) is 0 Å². The molecular weight excluding hydrogens is 177 g/mol. The van der Waals surface area contributed by atoms with Gasteiger partial charge in [0.05, 0.1) is 5.69 Å². The van der Waals surface area contributed by atoms with E-state index in [2.05, 4.69) is 25.3 Å². The first-order valence-corrected chi connectivity index (χ1v) is 3.11. The summed E-state index contributed by atoms with van der Waals surface area (Å²) in [5.41, 5.74) is 0.572. The van der Waals surface area contributed by atoms with Crippen LogP contribution in [-0.2, 0) is 5.33 Å². The van der Waals surface area contributed by atoms with Gasteiger partial charge in [0, 0.05) is 5.33 Å². The van der Waals surface area contributed by atoms with Crippen molar-refractivity contribution in [3.8, 4) is 0 Å². The normalized spacial score (nSPS) is 9.75. The van der Waals surface area contributed by atoms with Gasteiger partial charge in [-0.05, 0) is 0 Å². The zero-order valence-electron chi connectivity index (χ0n) is 3.90. The summed E-state index contributed by atoms with van der Waals surface area (Å²) in [6.45, 7) is 0. The molecule has 0 atom stereocenters. The van der Waals surface area contributed by atoms with Crippen molar-refractivity contribution < 1.29 is 8.81 Å². The molecule has 1 aromatic rings. The first-order valence-electron chi connectivity index (χ1n) is 1.99. The van der Waals surface area contributed by atoms with Crippen LogP contribution in [0.2, 0.25) is 0 Å². The number of alkyl halides is 1. The average Bonchev–Trinajstić information content (AvgIpc) is 2.14. The van der Waals surface area contributed by atoms with Crippen LogP contribution in [0, 0.1) is 6.14 Å². The van der Waals surface area contributed by atoms with E-state index in [-0.39, 0.29) is 0 Å². The van der Waals surface area contributed by atoms with Crippen LogP contribution in [0.15, 0.2) is 10.7 Å². The average molecular weight is 180 g/mol. The third kappa shape index (κ3) is 1.06. The summed E-state index contributed by atoms with van der Waals surface area (Å²) < 4.78 is 16.1. The van der Waals surface area contributed by atoms with Crippen molar-refractivity contribution in [1.29, 1.82) is 0 Å². The minimum Gasteiger partial charge on any atom is -0.423 e. The van der Waals surface area contributed by atoms with Crippen LogP contribution in [-0.4, -0.2) is 4.98 Å². The number of rotatable bonds is 1. The smallest absolute Gasteiger partial charge is 0.381 e. The number of hydrogen-bond donors (Lipinski definition) is 0. The lowest BCUT2D eigenvalue weighted by Crippen LogP contribution is -1.74. The molecule has 0 spiro atoms. The molecule has 0 aliphatic carbocycles. The van der Waals surface area contributed by atoms with E-state index in [1.807, 2.05) is 0 Å². The molecule has 1 heterocycles. The fraction of sp³-hybridized carbons (Fsp3) is 0.250. The first-order chi connectivity index (χ1) is 3.83. The van der Waals surface area contributed by atoms with Gasteiger partial charge in [-0.3, -0.25) is 0 Å². The number of nitrogens with zero attached hydrogens (tertiary/aromatic N) is 1. The fourth-order valence-corrected chi connectivity index (χ4v) is 0.601. The maximum atomic E-state index is 11.8. The van der Waals surface area contributed by atoms with E-state index < -0.39 is 6.14 Å². The van der Waals surface area contributed by atoms with Gasteiger partial charge in [0.1, 0.15) is 6.26 Å². The molecule has 1 aromatic heterocycles. The lowest BCUT2D eigenvalue weighted by Gasteiger charge is -1.73. The summed E-state index contributed by atoms with van der Waals surface area (Å²) >= 11 is 3.08. The third-order valence-electron chi connectivity index (χ3n) is 0.661. The molecule has 0 aliphatic heterocycles. The summed E-state index contributed by atoms with van der Waals surface area (Å²) in [5.74, 6) is 0. The first kappa shape index (κ1) is 5.75. The second kappa shape index (κ2) is 2.26. The molecule has 0 bridgehead atoms. The molecule has 0 radical (unpaired) electrons. The monoisotopic (exact) mass is 179 g/mol. The predicted octanol–water partition coefficient (Wildman–Crippen LogP) is 1.71. The van der Waals surface area contributed by atoms with Crippen LogP contribution in [0.25, 0.3) is 0 Å². The second-order valence-corrected chi connectivity index (χ2v) is 1.79. The minimum absolute atomic E-state index is 0.528. The Bertz CT molecular complexity index is 176. The molecule has 0 unspecified atom stereocenters. The van der Waals surface area contributed by atoms with Gasteiger partial charge in [-0.25, -0.2) is 0 Å². The van der Waals surface area contributed by atoms with E-state index in [4.69, 9.17) is 0 Å². The number of aromatic nitrogens is 1. The quantitative estimate of drug-likeness (QED) is 0.614. The van der Waals surface area contributed by atoms with Gasteiger partial charge in [0.2, 0.25) is 0 Å². The molecule has 0 saturated heterocycles. The van der Waals surface area contributed by atoms with Gasteiger partial charge in [-0.15, -0.1) is 4.39 Å². The SMILES string of the molecule is Fc1nc(CBr)co1. The zero-order valence-corrected chi connectivity index (χ0v) is 5.48. The Morgan fingerprint density at radius 2 is 2.62 bits per heavy atom. The standard InChI is InChI=1S/C4H3BrFNO/c5-1-3-2-8-4(6)7-3/h2H,1H2. The Kier molecular flexibility index (Phi) is 1.62. The van der Waals surface area contributed by atoms with Gasteiger partial charge in [0.15, 0.2) is 0 Å². The lowest BCUT2D eigenvalue weighted by atomic mass is 10.6. The van der Waals surface area contributed by atoms with Crippen LogP contribution in [0.5, 0.6) is 0 Å². The van der Waals surface area contributed by atoms with Gasteiger partial charge in [0.25, 0.3) is 0 Å². The van der Waals surface area contributed by atoms with Crippen molar-refractivity contribution in [3.05, 3.63) is 18.1 Å². The molecule has 0 fully saturated rings. The lowest BCUT2D eigenvalue weighted by molar-refractivity contribution is 0.336. The Morgan fingerprint density at radius 3 is 2.88 bits per heavy atom. The van der Waals surface area contributed by atoms with Crippen LogP contribution in [0.3, 0.4) is 0 Å². The molecule has 8 heavy (non-hydrogen) atoms. The van der Waals surface area contributed by atoms with Gasteiger partial charge < -0.3 is 4.42 Å². The predicted molar refractivity (Wildman–Crippen MR) is 29.1 cm³/mol. The van der Waals surface area contributed by atoms with Crippen molar-refractivity contribution in [2.45, 2.75) is 5.33 Å². The van der Waals surface area contributed by atoms with E-state index in [1.165, 1.54) is 6.26 Å². The Balaban J connectivity index is 2.84. The van der Waals surface area contributed by atoms with Crippen molar-refractivity contribution in [3.63, 3.8) is 0 Å². The van der Waals surface area contributed by atoms with Crippen LogP contribution in [0.1, 0.15) is 5.69 Å². The highest BCUT2D eigenvalue weighted by Crippen LogP contribution is 2.03. The number of oxazole rings is 1. The molecular formula is C4H3BrFNO. The van der Waals surface area contributed by atoms with Crippen LogP contribution < -0.4 is 0 Å². The van der Waals surface area contributed by atoms with E-state index in [9.17, 15) is 4.39 Å². The van der Waals surface area contributed by atoms with E-state index in [0.717, 1.165) is 0 Å². The molecule has 0 amide bonds. The molecule has 4 heteroatoms. The number of hydrogen-bond acceptors (Lipinski definition) is 2. The zero-order chi connectivity index (χ0) is 5.98. The van der Waals surface area contributed by atoms with Crippen LogP contribution in [0.4, 0.5) is 4.39 Å². The van der Waals surface area contributed by atoms with E-state index >= 15 is 0 Å². The van der Waals surface area contributed by atoms with Crippen molar-refractivity contribution >= 4 is 15.9 Å². The third-order valence-corrected chi connectivity index (χ3v) is 1.24.